The summed E-state index contributed by atoms with van der Waals surface area (Å²) in [6.07, 6.45) is 1.12. The van der Waals surface area contributed by atoms with Crippen LogP contribution in [-0.2, 0) is 16.1 Å². The quantitative estimate of drug-likeness (QED) is 0.281. The molecule has 0 aliphatic rings. The van der Waals surface area contributed by atoms with E-state index in [9.17, 15) is 19.5 Å². The summed E-state index contributed by atoms with van der Waals surface area (Å²) in [5.41, 5.74) is 0.281. The van der Waals surface area contributed by atoms with Gasteiger partial charge in [0.05, 0.1) is 42.0 Å². The number of carbonyl (C=O) groups excluding carboxylic acids is 2. The number of hydrogen-bond acceptors (Lipinski definition) is 7. The van der Waals surface area contributed by atoms with Gasteiger partial charge in [0.1, 0.15) is 0 Å². The van der Waals surface area contributed by atoms with Gasteiger partial charge in [-0.2, -0.15) is 0 Å². The second-order valence-electron chi connectivity index (χ2n) is 6.37. The summed E-state index contributed by atoms with van der Waals surface area (Å²) in [7, 11) is 1.28. The third-order valence-corrected chi connectivity index (χ3v) is 4.95. The Balaban J connectivity index is 2.38. The largest absolute Gasteiger partial charge is 0.465 e. The maximum atomic E-state index is 12.9. The Morgan fingerprint density at radius 1 is 1.39 bits per heavy atom. The molecule has 0 radical (unpaired) electrons. The summed E-state index contributed by atoms with van der Waals surface area (Å²) >= 11 is 1.12. The molecule has 1 aromatic carbocycles. The van der Waals surface area contributed by atoms with Crippen LogP contribution >= 0.6 is 11.8 Å². The number of benzene rings is 1. The molecule has 0 bridgehead atoms. The van der Waals surface area contributed by atoms with E-state index in [-0.39, 0.29) is 29.3 Å². The van der Waals surface area contributed by atoms with Gasteiger partial charge < -0.3 is 15.2 Å². The van der Waals surface area contributed by atoms with Crippen molar-refractivity contribution in [2.45, 2.75) is 44.5 Å². The molecule has 0 aliphatic carbocycles. The first kappa shape index (κ1) is 21.9. The highest BCUT2D eigenvalue weighted by Crippen LogP contribution is 2.19. The number of aliphatic hydroxyl groups excluding tert-OH is 1. The Hall–Kier alpha value is -2.39. The lowest BCUT2D eigenvalue weighted by Crippen LogP contribution is -2.29. The van der Waals surface area contributed by atoms with Crippen molar-refractivity contribution in [3.05, 3.63) is 34.1 Å². The van der Waals surface area contributed by atoms with Crippen LogP contribution in [0.15, 0.2) is 28.2 Å². The summed E-state index contributed by atoms with van der Waals surface area (Å²) in [6, 6.07) is 4.50. The molecular formula is C19H25N3O5S. The van der Waals surface area contributed by atoms with Gasteiger partial charge in [-0.15, -0.1) is 0 Å². The van der Waals surface area contributed by atoms with Crippen molar-refractivity contribution in [1.29, 1.82) is 0 Å². The van der Waals surface area contributed by atoms with Crippen molar-refractivity contribution in [3.63, 3.8) is 0 Å². The van der Waals surface area contributed by atoms with Crippen LogP contribution in [0.2, 0.25) is 0 Å². The predicted octanol–water partition coefficient (Wildman–Crippen LogP) is 1.57. The van der Waals surface area contributed by atoms with E-state index >= 15 is 0 Å². The highest BCUT2D eigenvalue weighted by molar-refractivity contribution is 7.99. The Kier molecular flexibility index (Phi) is 8.01. The van der Waals surface area contributed by atoms with E-state index in [0.29, 0.717) is 22.6 Å². The molecule has 1 heterocycles. The SMILES string of the molecule is CCCCNC(=O)CSc1nc2cc(C(=O)OC)ccc2c(=O)n1C[C@@H](C)O. The predicted molar refractivity (Wildman–Crippen MR) is 108 cm³/mol. The lowest BCUT2D eigenvalue weighted by molar-refractivity contribution is -0.118. The number of ether oxygens (including phenoxy) is 1. The Morgan fingerprint density at radius 2 is 2.14 bits per heavy atom. The number of aliphatic hydroxyl groups is 1. The van der Waals surface area contributed by atoms with E-state index in [1.807, 2.05) is 6.92 Å². The van der Waals surface area contributed by atoms with Crippen molar-refractivity contribution in [1.82, 2.24) is 14.9 Å². The molecule has 2 N–H and O–H groups in total. The number of aromatic nitrogens is 2. The van der Waals surface area contributed by atoms with Gasteiger partial charge in [-0.05, 0) is 31.5 Å². The minimum atomic E-state index is -0.760. The second-order valence-corrected chi connectivity index (χ2v) is 7.32. The number of thioether (sulfide) groups is 1. The second kappa shape index (κ2) is 10.2. The topological polar surface area (TPSA) is 111 Å². The fourth-order valence-corrected chi connectivity index (χ4v) is 3.41. The van der Waals surface area contributed by atoms with Crippen molar-refractivity contribution in [2.24, 2.45) is 0 Å². The average Bonchev–Trinajstić information content (AvgIpc) is 2.67. The van der Waals surface area contributed by atoms with Crippen LogP contribution in [0.4, 0.5) is 0 Å². The summed E-state index contributed by atoms with van der Waals surface area (Å²) < 4.78 is 6.06. The fourth-order valence-electron chi connectivity index (χ4n) is 2.57. The molecule has 2 rings (SSSR count). The van der Waals surface area contributed by atoms with Crippen molar-refractivity contribution >= 4 is 34.5 Å². The molecule has 0 aliphatic heterocycles. The average molecular weight is 407 g/mol. The van der Waals surface area contributed by atoms with Crippen molar-refractivity contribution in [2.75, 3.05) is 19.4 Å². The summed E-state index contributed by atoms with van der Waals surface area (Å²) in [5, 5.41) is 13.2. The van der Waals surface area contributed by atoms with E-state index in [0.717, 1.165) is 24.6 Å². The minimum Gasteiger partial charge on any atom is -0.465 e. The standard InChI is InChI=1S/C19H25N3O5S/c1-4-5-8-20-16(24)11-28-19-21-15-9-13(18(26)27-3)6-7-14(15)17(25)22(19)10-12(2)23/h6-7,9,12,23H,4-5,8,10-11H2,1-3H3,(H,20,24)/t12-/m1/s1. The van der Waals surface area contributed by atoms with Crippen LogP contribution in [-0.4, -0.2) is 52.0 Å². The molecule has 152 valence electrons. The number of fused-ring (bicyclic) bond motifs is 1. The molecule has 1 atom stereocenters. The van der Waals surface area contributed by atoms with Gasteiger partial charge in [-0.3, -0.25) is 14.2 Å². The van der Waals surface area contributed by atoms with E-state index in [2.05, 4.69) is 10.3 Å². The maximum Gasteiger partial charge on any atom is 0.337 e. The van der Waals surface area contributed by atoms with Crippen LogP contribution in [0, 0.1) is 0 Å². The first-order valence-corrected chi connectivity index (χ1v) is 10.1. The molecule has 0 unspecified atom stereocenters. The van der Waals surface area contributed by atoms with Gasteiger partial charge >= 0.3 is 5.97 Å². The minimum absolute atomic E-state index is 0.0559. The Morgan fingerprint density at radius 3 is 2.79 bits per heavy atom. The summed E-state index contributed by atoms with van der Waals surface area (Å²) in [5.74, 6) is -0.584. The molecular weight excluding hydrogens is 382 g/mol. The van der Waals surface area contributed by atoms with E-state index < -0.39 is 12.1 Å². The first-order valence-electron chi connectivity index (χ1n) is 9.07. The van der Waals surface area contributed by atoms with Gasteiger partial charge in [-0.25, -0.2) is 9.78 Å². The molecule has 0 fully saturated rings. The monoisotopic (exact) mass is 407 g/mol. The highest BCUT2D eigenvalue weighted by atomic mass is 32.2. The van der Waals surface area contributed by atoms with Crippen LogP contribution in [0.5, 0.6) is 0 Å². The number of hydrogen-bond donors (Lipinski definition) is 2. The number of esters is 1. The fraction of sp³-hybridized carbons (Fsp3) is 0.474. The van der Waals surface area contributed by atoms with Gasteiger partial charge in [-0.1, -0.05) is 25.1 Å². The third-order valence-electron chi connectivity index (χ3n) is 3.97. The molecule has 1 amide bonds. The van der Waals surface area contributed by atoms with Crippen LogP contribution in [0.1, 0.15) is 37.0 Å². The van der Waals surface area contributed by atoms with Crippen LogP contribution in [0.3, 0.4) is 0 Å². The highest BCUT2D eigenvalue weighted by Gasteiger charge is 2.16. The molecule has 1 aromatic heterocycles. The summed E-state index contributed by atoms with van der Waals surface area (Å²) in [4.78, 5) is 41.1. The number of amides is 1. The number of unbranched alkanes of at least 4 members (excludes halogenated alkanes) is 1. The lowest BCUT2D eigenvalue weighted by atomic mass is 10.1. The van der Waals surface area contributed by atoms with Gasteiger partial charge in [0, 0.05) is 6.54 Å². The Labute approximate surface area is 167 Å². The van der Waals surface area contributed by atoms with E-state index in [1.54, 1.807) is 6.92 Å². The first-order chi connectivity index (χ1) is 13.4. The van der Waals surface area contributed by atoms with Gasteiger partial charge in [0.25, 0.3) is 5.56 Å². The third kappa shape index (κ3) is 5.56. The molecule has 0 saturated carbocycles. The zero-order chi connectivity index (χ0) is 20.7. The van der Waals surface area contributed by atoms with Crippen molar-refractivity contribution < 1.29 is 19.4 Å². The molecule has 0 spiro atoms. The van der Waals surface area contributed by atoms with Crippen molar-refractivity contribution in [3.8, 4) is 0 Å². The van der Waals surface area contributed by atoms with Gasteiger partial charge in [0.2, 0.25) is 5.91 Å². The molecule has 0 saturated heterocycles. The van der Waals surface area contributed by atoms with Gasteiger partial charge in [0.15, 0.2) is 5.16 Å². The number of methoxy groups -OCH3 is 1. The summed E-state index contributed by atoms with van der Waals surface area (Å²) in [6.45, 7) is 4.27. The Bertz CT molecular complexity index is 910. The maximum absolute atomic E-state index is 12.9. The zero-order valence-electron chi connectivity index (χ0n) is 16.2. The van der Waals surface area contributed by atoms with E-state index in [4.69, 9.17) is 4.74 Å². The van der Waals surface area contributed by atoms with Crippen LogP contribution < -0.4 is 10.9 Å². The molecule has 9 heteroatoms. The number of rotatable bonds is 9. The smallest absolute Gasteiger partial charge is 0.337 e. The lowest BCUT2D eigenvalue weighted by Gasteiger charge is -2.14. The molecule has 28 heavy (non-hydrogen) atoms. The normalized spacial score (nSPS) is 12.0. The molecule has 8 nitrogen and oxygen atoms in total. The number of carbonyl (C=O) groups is 2. The molecule has 2 aromatic rings. The van der Waals surface area contributed by atoms with Crippen LogP contribution in [0.25, 0.3) is 10.9 Å². The number of nitrogens with one attached hydrogen (secondary N) is 1. The van der Waals surface area contributed by atoms with E-state index in [1.165, 1.54) is 29.9 Å². The number of nitrogens with zero attached hydrogens (tertiary/aromatic N) is 2. The zero-order valence-corrected chi connectivity index (χ0v) is 17.0.